The Kier molecular flexibility index (Phi) is 13.5. The summed E-state index contributed by atoms with van der Waals surface area (Å²) in [5, 5.41) is 3.15. The van der Waals surface area contributed by atoms with Crippen LogP contribution in [0.3, 0.4) is 0 Å². The van der Waals surface area contributed by atoms with Gasteiger partial charge in [0.15, 0.2) is 11.5 Å². The van der Waals surface area contributed by atoms with E-state index < -0.39 is 0 Å². The number of hydrogen-bond acceptors (Lipinski definition) is 4. The molecule has 1 heterocycles. The summed E-state index contributed by atoms with van der Waals surface area (Å²) in [6.45, 7) is 6.24. The Morgan fingerprint density at radius 3 is 2.04 bits per heavy atom. The molecule has 4 aromatic rings. The van der Waals surface area contributed by atoms with Gasteiger partial charge < -0.3 is 14.8 Å². The lowest BCUT2D eigenvalue weighted by atomic mass is 9.68. The second kappa shape index (κ2) is 17.5. The highest BCUT2D eigenvalue weighted by Crippen LogP contribution is 2.43. The van der Waals surface area contributed by atoms with Gasteiger partial charge in [0, 0.05) is 30.5 Å². The predicted octanol–water partition coefficient (Wildman–Crippen LogP) is 8.87. The molecule has 0 spiro atoms. The molecule has 256 valence electrons. The topological polar surface area (TPSA) is 50.8 Å². The molecule has 1 amide bonds. The molecule has 2 unspecified atom stereocenters. The van der Waals surface area contributed by atoms with Crippen molar-refractivity contribution in [3.05, 3.63) is 131 Å². The number of carbonyl (C=O) groups is 1. The van der Waals surface area contributed by atoms with Crippen molar-refractivity contribution >= 4 is 18.3 Å². The molecule has 0 fully saturated rings. The molecule has 1 aliphatic heterocycles. The van der Waals surface area contributed by atoms with Gasteiger partial charge in [-0.2, -0.15) is 0 Å². The Bertz CT molecular complexity index is 1540. The third-order valence-corrected chi connectivity index (χ3v) is 10.0. The zero-order valence-corrected chi connectivity index (χ0v) is 29.5. The molecule has 7 heteroatoms. The molecule has 1 aliphatic rings. The smallest absolute Gasteiger partial charge is 0.220 e. The first kappa shape index (κ1) is 37.0. The maximum atomic E-state index is 13.3. The van der Waals surface area contributed by atoms with Crippen molar-refractivity contribution in [2.45, 2.75) is 76.3 Å². The Balaban J connectivity index is 0.00000520. The second-order valence-corrected chi connectivity index (χ2v) is 12.9. The number of nitrogens with zero attached hydrogens (tertiary/aromatic N) is 1. The summed E-state index contributed by atoms with van der Waals surface area (Å²) in [5.74, 6) is 1.34. The molecule has 0 aromatic heterocycles. The molecule has 0 saturated heterocycles. The summed E-state index contributed by atoms with van der Waals surface area (Å²) in [6.07, 6.45) is 5.77. The van der Waals surface area contributed by atoms with E-state index >= 15 is 0 Å². The fraction of sp³-hybridized carbons (Fsp3) is 0.390. The van der Waals surface area contributed by atoms with E-state index in [0.29, 0.717) is 25.4 Å². The van der Waals surface area contributed by atoms with E-state index in [-0.39, 0.29) is 35.6 Å². The molecule has 0 radical (unpaired) electrons. The number of halogens is 2. The molecular formula is C41H50ClFN2O3. The fourth-order valence-electron chi connectivity index (χ4n) is 7.47. The number of fused-ring (bicyclic) bond motifs is 1. The van der Waals surface area contributed by atoms with E-state index in [4.69, 9.17) is 9.47 Å². The minimum Gasteiger partial charge on any atom is -0.493 e. The second-order valence-electron chi connectivity index (χ2n) is 12.9. The Labute approximate surface area is 292 Å². The molecule has 0 saturated carbocycles. The van der Waals surface area contributed by atoms with Gasteiger partial charge in [-0.25, -0.2) is 4.39 Å². The SMILES string of the molecule is COc1cc2c(cc1OC)C(C)N(CCCC(CCCNC(=O)CCc1ccc(F)cc1)(c1ccccc1)c1ccccc1)C(C)C2.Cl. The van der Waals surface area contributed by atoms with E-state index in [0.717, 1.165) is 55.7 Å². The highest BCUT2D eigenvalue weighted by atomic mass is 35.5. The maximum Gasteiger partial charge on any atom is 0.220 e. The molecule has 0 aliphatic carbocycles. The van der Waals surface area contributed by atoms with Crippen LogP contribution in [0.25, 0.3) is 0 Å². The molecule has 5 rings (SSSR count). The fourth-order valence-corrected chi connectivity index (χ4v) is 7.47. The largest absolute Gasteiger partial charge is 0.493 e. The number of nitrogens with one attached hydrogen (secondary N) is 1. The minimum absolute atomic E-state index is 0. The van der Waals surface area contributed by atoms with Gasteiger partial charge in [-0.3, -0.25) is 9.69 Å². The molecule has 48 heavy (non-hydrogen) atoms. The van der Waals surface area contributed by atoms with Crippen LogP contribution in [0.4, 0.5) is 4.39 Å². The molecule has 2 atom stereocenters. The Hall–Kier alpha value is -3.87. The van der Waals surface area contributed by atoms with Gasteiger partial charge in [0.1, 0.15) is 5.82 Å². The quantitative estimate of drug-likeness (QED) is 0.128. The van der Waals surface area contributed by atoms with Crippen LogP contribution < -0.4 is 14.8 Å². The summed E-state index contributed by atoms with van der Waals surface area (Å²) in [4.78, 5) is 15.3. The minimum atomic E-state index is -0.259. The van der Waals surface area contributed by atoms with Gasteiger partial charge in [0.05, 0.1) is 14.2 Å². The zero-order valence-electron chi connectivity index (χ0n) is 28.7. The predicted molar refractivity (Wildman–Crippen MR) is 195 cm³/mol. The lowest BCUT2D eigenvalue weighted by Crippen LogP contribution is -2.42. The van der Waals surface area contributed by atoms with Gasteiger partial charge in [0.25, 0.3) is 0 Å². The monoisotopic (exact) mass is 672 g/mol. The Morgan fingerprint density at radius 2 is 1.44 bits per heavy atom. The number of carbonyl (C=O) groups excluding carboxylic acids is 1. The summed E-state index contributed by atoms with van der Waals surface area (Å²) >= 11 is 0. The van der Waals surface area contributed by atoms with Crippen molar-refractivity contribution in [2.75, 3.05) is 27.3 Å². The maximum absolute atomic E-state index is 13.3. The lowest BCUT2D eigenvalue weighted by molar-refractivity contribution is -0.121. The molecule has 5 nitrogen and oxygen atoms in total. The van der Waals surface area contributed by atoms with Crippen LogP contribution >= 0.6 is 12.4 Å². The summed E-state index contributed by atoms with van der Waals surface area (Å²) in [7, 11) is 3.40. The van der Waals surface area contributed by atoms with Crippen molar-refractivity contribution in [3.63, 3.8) is 0 Å². The van der Waals surface area contributed by atoms with Gasteiger partial charge in [-0.05, 0) is 111 Å². The normalized spacial score (nSPS) is 16.0. The van der Waals surface area contributed by atoms with E-state index in [1.807, 2.05) is 0 Å². The highest BCUT2D eigenvalue weighted by molar-refractivity contribution is 5.85. The van der Waals surface area contributed by atoms with Crippen molar-refractivity contribution in [1.82, 2.24) is 10.2 Å². The van der Waals surface area contributed by atoms with E-state index in [2.05, 4.69) is 96.9 Å². The third kappa shape index (κ3) is 8.77. The number of rotatable bonds is 15. The first-order valence-corrected chi connectivity index (χ1v) is 17.0. The van der Waals surface area contributed by atoms with Crippen LogP contribution in [0.2, 0.25) is 0 Å². The number of aryl methyl sites for hydroxylation is 1. The standard InChI is InChI=1S/C41H49FN2O3.ClH/c1-30-27-33-28-38(46-3)39(47-4)29-37(33)31(2)44(30)26-12-24-41(34-13-7-5-8-14-34,35-15-9-6-10-16-35)23-11-25-43-40(45)22-19-32-17-20-36(42)21-18-32;/h5-10,13-18,20-21,28-31H,11-12,19,22-27H2,1-4H3,(H,43,45);1H. The number of hydrogen-bond donors (Lipinski definition) is 1. The third-order valence-electron chi connectivity index (χ3n) is 10.0. The van der Waals surface area contributed by atoms with Crippen molar-refractivity contribution in [2.24, 2.45) is 0 Å². The summed E-state index contributed by atoms with van der Waals surface area (Å²) in [5.41, 5.74) is 6.06. The average Bonchev–Trinajstić information content (AvgIpc) is 3.10. The zero-order chi connectivity index (χ0) is 33.2. The van der Waals surface area contributed by atoms with Crippen molar-refractivity contribution in [3.8, 4) is 11.5 Å². The van der Waals surface area contributed by atoms with E-state index in [1.54, 1.807) is 26.4 Å². The number of methoxy groups -OCH3 is 2. The number of benzene rings is 4. The summed E-state index contributed by atoms with van der Waals surface area (Å²) in [6, 6.07) is 33.1. The highest BCUT2D eigenvalue weighted by Gasteiger charge is 2.35. The first-order chi connectivity index (χ1) is 22.8. The van der Waals surface area contributed by atoms with E-state index in [1.165, 1.54) is 34.4 Å². The van der Waals surface area contributed by atoms with Crippen LogP contribution in [0, 0.1) is 5.82 Å². The average molecular weight is 673 g/mol. The number of ether oxygens (including phenoxy) is 2. The van der Waals surface area contributed by atoms with Crippen LogP contribution in [0.15, 0.2) is 97.1 Å². The summed E-state index contributed by atoms with van der Waals surface area (Å²) < 4.78 is 24.5. The van der Waals surface area contributed by atoms with Crippen LogP contribution in [-0.2, 0) is 23.1 Å². The van der Waals surface area contributed by atoms with Crippen LogP contribution in [-0.4, -0.2) is 44.2 Å². The van der Waals surface area contributed by atoms with E-state index in [9.17, 15) is 9.18 Å². The molecule has 0 bridgehead atoms. The molecule has 1 N–H and O–H groups in total. The van der Waals surface area contributed by atoms with Gasteiger partial charge in [-0.15, -0.1) is 12.4 Å². The van der Waals surface area contributed by atoms with Crippen molar-refractivity contribution in [1.29, 1.82) is 0 Å². The van der Waals surface area contributed by atoms with Gasteiger partial charge >= 0.3 is 0 Å². The van der Waals surface area contributed by atoms with Gasteiger partial charge in [0.2, 0.25) is 5.91 Å². The number of amides is 1. The lowest BCUT2D eigenvalue weighted by Gasteiger charge is -2.42. The molecular weight excluding hydrogens is 623 g/mol. The van der Waals surface area contributed by atoms with Crippen LogP contribution in [0.1, 0.15) is 79.8 Å². The van der Waals surface area contributed by atoms with Crippen LogP contribution in [0.5, 0.6) is 11.5 Å². The Morgan fingerprint density at radius 1 is 0.854 bits per heavy atom. The van der Waals surface area contributed by atoms with Crippen molar-refractivity contribution < 1.29 is 18.7 Å². The van der Waals surface area contributed by atoms with Gasteiger partial charge in [-0.1, -0.05) is 72.8 Å². The first-order valence-electron chi connectivity index (χ1n) is 17.0. The molecule has 4 aromatic carbocycles.